The van der Waals surface area contributed by atoms with Crippen molar-refractivity contribution in [1.29, 1.82) is 0 Å². The van der Waals surface area contributed by atoms with Crippen molar-refractivity contribution < 1.29 is 9.47 Å². The smallest absolute Gasteiger partial charge is 0.191 e. The molecular weight excluding hydrogens is 467 g/mol. The number of aliphatic imine (C=N–C) groups is 1. The first-order valence-corrected chi connectivity index (χ1v) is 10.3. The maximum absolute atomic E-state index is 5.71. The standard InChI is InChI=1S/C21H34N4O2.HI/c1-22-21(23-11-15-26-17-19-10-7-14-27-19)24-16-20(25-12-5-6-13-25)18-8-3-2-4-9-18;/h2-4,8-9,19-20H,5-7,10-17H2,1H3,(H2,22,23,24);1H. The van der Waals surface area contributed by atoms with Crippen molar-refractivity contribution in [2.75, 3.05) is 53.0 Å². The fraction of sp³-hybridized carbons (Fsp3) is 0.667. The summed E-state index contributed by atoms with van der Waals surface area (Å²) in [5.41, 5.74) is 1.36. The third kappa shape index (κ3) is 7.50. The molecule has 0 aliphatic carbocycles. The predicted octanol–water partition coefficient (Wildman–Crippen LogP) is 2.80. The molecule has 0 bridgehead atoms. The van der Waals surface area contributed by atoms with E-state index in [1.807, 2.05) is 7.05 Å². The van der Waals surface area contributed by atoms with Gasteiger partial charge in [-0.05, 0) is 44.3 Å². The largest absolute Gasteiger partial charge is 0.377 e. The summed E-state index contributed by atoms with van der Waals surface area (Å²) in [6, 6.07) is 11.1. The van der Waals surface area contributed by atoms with Crippen LogP contribution in [0.2, 0.25) is 0 Å². The highest BCUT2D eigenvalue weighted by Gasteiger charge is 2.23. The predicted molar refractivity (Wildman–Crippen MR) is 125 cm³/mol. The topological polar surface area (TPSA) is 58.1 Å². The summed E-state index contributed by atoms with van der Waals surface area (Å²) >= 11 is 0. The minimum absolute atomic E-state index is 0. The first-order chi connectivity index (χ1) is 13.4. The van der Waals surface area contributed by atoms with Crippen LogP contribution in [0.4, 0.5) is 0 Å². The van der Waals surface area contributed by atoms with Crippen molar-refractivity contribution in [3.05, 3.63) is 35.9 Å². The summed E-state index contributed by atoms with van der Waals surface area (Å²) in [5, 5.41) is 6.84. The second-order valence-electron chi connectivity index (χ2n) is 7.26. The summed E-state index contributed by atoms with van der Waals surface area (Å²) in [6.45, 7) is 6.16. The molecule has 2 aliphatic heterocycles. The first kappa shape index (κ1) is 23.4. The lowest BCUT2D eigenvalue weighted by Gasteiger charge is -2.29. The van der Waals surface area contributed by atoms with Gasteiger partial charge in [0.15, 0.2) is 5.96 Å². The molecule has 0 aromatic heterocycles. The zero-order valence-electron chi connectivity index (χ0n) is 16.9. The second-order valence-corrected chi connectivity index (χ2v) is 7.26. The minimum atomic E-state index is 0. The van der Waals surface area contributed by atoms with Crippen LogP contribution >= 0.6 is 24.0 Å². The van der Waals surface area contributed by atoms with E-state index in [9.17, 15) is 0 Å². The summed E-state index contributed by atoms with van der Waals surface area (Å²) < 4.78 is 11.3. The summed E-state index contributed by atoms with van der Waals surface area (Å²) in [7, 11) is 1.82. The van der Waals surface area contributed by atoms with Gasteiger partial charge in [0.25, 0.3) is 0 Å². The van der Waals surface area contributed by atoms with Crippen LogP contribution in [-0.2, 0) is 9.47 Å². The molecule has 3 rings (SSSR count). The highest BCUT2D eigenvalue weighted by Crippen LogP contribution is 2.24. The molecular formula is C21H35IN4O2. The van der Waals surface area contributed by atoms with E-state index in [1.54, 1.807) is 0 Å². The quantitative estimate of drug-likeness (QED) is 0.236. The zero-order chi connectivity index (χ0) is 18.7. The van der Waals surface area contributed by atoms with E-state index in [0.29, 0.717) is 19.3 Å². The Balaban J connectivity index is 0.00000280. The van der Waals surface area contributed by atoms with Gasteiger partial charge in [0, 0.05) is 26.7 Å². The van der Waals surface area contributed by atoms with Crippen molar-refractivity contribution in [3.8, 4) is 0 Å². The maximum Gasteiger partial charge on any atom is 0.191 e. The van der Waals surface area contributed by atoms with Crippen LogP contribution < -0.4 is 10.6 Å². The number of guanidine groups is 1. The highest BCUT2D eigenvalue weighted by atomic mass is 127. The molecule has 2 fully saturated rings. The number of nitrogens with one attached hydrogen (secondary N) is 2. The Morgan fingerprint density at radius 2 is 2.00 bits per heavy atom. The maximum atomic E-state index is 5.71. The van der Waals surface area contributed by atoms with Crippen LogP contribution in [0.15, 0.2) is 35.3 Å². The number of rotatable bonds is 9. The van der Waals surface area contributed by atoms with Crippen LogP contribution in [-0.4, -0.2) is 70.0 Å². The third-order valence-corrected chi connectivity index (χ3v) is 5.32. The molecule has 7 heteroatoms. The molecule has 2 aliphatic rings. The van der Waals surface area contributed by atoms with E-state index in [4.69, 9.17) is 9.47 Å². The molecule has 2 saturated heterocycles. The van der Waals surface area contributed by atoms with Crippen LogP contribution in [0.1, 0.15) is 37.3 Å². The van der Waals surface area contributed by atoms with E-state index >= 15 is 0 Å². The van der Waals surface area contributed by atoms with Crippen molar-refractivity contribution in [3.63, 3.8) is 0 Å². The Kier molecular flexibility index (Phi) is 11.1. The van der Waals surface area contributed by atoms with E-state index in [1.165, 1.54) is 31.5 Å². The molecule has 2 unspecified atom stereocenters. The molecule has 28 heavy (non-hydrogen) atoms. The number of hydrogen-bond acceptors (Lipinski definition) is 4. The van der Waals surface area contributed by atoms with Gasteiger partial charge in [0.2, 0.25) is 0 Å². The average molecular weight is 502 g/mol. The summed E-state index contributed by atoms with van der Waals surface area (Å²) in [6.07, 6.45) is 5.14. The number of hydrogen-bond donors (Lipinski definition) is 2. The Morgan fingerprint density at radius 3 is 2.68 bits per heavy atom. The van der Waals surface area contributed by atoms with Gasteiger partial charge in [-0.15, -0.1) is 24.0 Å². The Labute approximate surface area is 186 Å². The second kappa shape index (κ2) is 13.3. The van der Waals surface area contributed by atoms with Crippen LogP contribution in [0.3, 0.4) is 0 Å². The van der Waals surface area contributed by atoms with Crippen molar-refractivity contribution in [1.82, 2.24) is 15.5 Å². The molecule has 0 radical (unpaired) electrons. The Morgan fingerprint density at radius 1 is 1.21 bits per heavy atom. The number of benzene rings is 1. The lowest BCUT2D eigenvalue weighted by molar-refractivity contribution is 0.0191. The van der Waals surface area contributed by atoms with Gasteiger partial charge in [-0.1, -0.05) is 30.3 Å². The van der Waals surface area contributed by atoms with Crippen LogP contribution in [0, 0.1) is 0 Å². The van der Waals surface area contributed by atoms with E-state index in [0.717, 1.165) is 38.5 Å². The fourth-order valence-electron chi connectivity index (χ4n) is 3.83. The Hall–Kier alpha value is -0.900. The molecule has 2 atom stereocenters. The van der Waals surface area contributed by atoms with Crippen molar-refractivity contribution in [2.24, 2.45) is 4.99 Å². The molecule has 0 saturated carbocycles. The minimum Gasteiger partial charge on any atom is -0.377 e. The van der Waals surface area contributed by atoms with Gasteiger partial charge < -0.3 is 20.1 Å². The van der Waals surface area contributed by atoms with E-state index in [-0.39, 0.29) is 30.1 Å². The fourth-order valence-corrected chi connectivity index (χ4v) is 3.83. The van der Waals surface area contributed by atoms with Gasteiger partial charge in [0.05, 0.1) is 25.4 Å². The SMILES string of the molecule is CN=C(NCCOCC1CCCO1)NCC(c1ccccc1)N1CCCC1.I. The first-order valence-electron chi connectivity index (χ1n) is 10.3. The molecule has 0 amide bonds. The molecule has 6 nitrogen and oxygen atoms in total. The molecule has 158 valence electrons. The average Bonchev–Trinajstić information content (AvgIpc) is 3.41. The highest BCUT2D eigenvalue weighted by molar-refractivity contribution is 14.0. The number of likely N-dealkylation sites (tertiary alicyclic amines) is 1. The normalized spacial score (nSPS) is 21.3. The molecule has 2 heterocycles. The van der Waals surface area contributed by atoms with Gasteiger partial charge in [-0.2, -0.15) is 0 Å². The van der Waals surface area contributed by atoms with E-state index < -0.39 is 0 Å². The lowest BCUT2D eigenvalue weighted by atomic mass is 10.1. The van der Waals surface area contributed by atoms with Gasteiger partial charge in [-0.3, -0.25) is 9.89 Å². The Bertz CT molecular complexity index is 561. The van der Waals surface area contributed by atoms with Gasteiger partial charge in [-0.25, -0.2) is 0 Å². The number of nitrogens with zero attached hydrogens (tertiary/aromatic N) is 2. The summed E-state index contributed by atoms with van der Waals surface area (Å²) in [4.78, 5) is 6.92. The van der Waals surface area contributed by atoms with Crippen molar-refractivity contribution in [2.45, 2.75) is 37.8 Å². The van der Waals surface area contributed by atoms with Crippen molar-refractivity contribution >= 4 is 29.9 Å². The van der Waals surface area contributed by atoms with Crippen LogP contribution in [0.25, 0.3) is 0 Å². The van der Waals surface area contributed by atoms with Gasteiger partial charge in [0.1, 0.15) is 0 Å². The zero-order valence-corrected chi connectivity index (χ0v) is 19.3. The molecule has 1 aromatic rings. The summed E-state index contributed by atoms with van der Waals surface area (Å²) in [5.74, 6) is 0.829. The molecule has 2 N–H and O–H groups in total. The van der Waals surface area contributed by atoms with Gasteiger partial charge >= 0.3 is 0 Å². The monoisotopic (exact) mass is 502 g/mol. The molecule has 0 spiro atoms. The number of ether oxygens (including phenoxy) is 2. The third-order valence-electron chi connectivity index (χ3n) is 5.32. The van der Waals surface area contributed by atoms with E-state index in [2.05, 4.69) is 50.9 Å². The number of halogens is 1. The lowest BCUT2D eigenvalue weighted by Crippen LogP contribution is -2.43. The van der Waals surface area contributed by atoms with Crippen LogP contribution in [0.5, 0.6) is 0 Å². The molecule has 1 aromatic carbocycles.